The van der Waals surface area contributed by atoms with Gasteiger partial charge in [-0.05, 0) is 23.3 Å². The van der Waals surface area contributed by atoms with Crippen LogP contribution in [0.15, 0.2) is 30.3 Å². The summed E-state index contributed by atoms with van der Waals surface area (Å²) in [6.07, 6.45) is 0.935. The molecule has 0 fully saturated rings. The maximum Gasteiger partial charge on any atom is 0.223 e. The first-order valence-corrected chi connectivity index (χ1v) is 7.12. The summed E-state index contributed by atoms with van der Waals surface area (Å²) in [5, 5.41) is 3.07. The lowest BCUT2D eigenvalue weighted by Gasteiger charge is -2.31. The van der Waals surface area contributed by atoms with Gasteiger partial charge in [0.2, 0.25) is 5.91 Å². The molecule has 0 aliphatic rings. The van der Waals surface area contributed by atoms with Gasteiger partial charge >= 0.3 is 0 Å². The predicted molar refractivity (Wildman–Crippen MR) is 80.7 cm³/mol. The smallest absolute Gasteiger partial charge is 0.223 e. The molecule has 1 amide bonds. The summed E-state index contributed by atoms with van der Waals surface area (Å²) >= 11 is 0. The third-order valence-electron chi connectivity index (χ3n) is 3.38. The van der Waals surface area contributed by atoms with Gasteiger partial charge in [0.15, 0.2) is 0 Å². The summed E-state index contributed by atoms with van der Waals surface area (Å²) in [5.74, 6) is 0.771. The van der Waals surface area contributed by atoms with Crippen molar-refractivity contribution in [3.63, 3.8) is 0 Å². The van der Waals surface area contributed by atoms with Crippen molar-refractivity contribution in [2.24, 2.45) is 17.3 Å². The molecule has 0 aliphatic carbocycles. The molecule has 0 aromatic heterocycles. The normalized spacial score (nSPS) is 13.4. The summed E-state index contributed by atoms with van der Waals surface area (Å²) in [5.41, 5.74) is 1.15. The van der Waals surface area contributed by atoms with Crippen LogP contribution in [-0.2, 0) is 11.3 Å². The lowest BCUT2D eigenvalue weighted by Crippen LogP contribution is -2.38. The van der Waals surface area contributed by atoms with Crippen LogP contribution < -0.4 is 5.32 Å². The van der Waals surface area contributed by atoms with Crippen molar-refractivity contribution in [2.75, 3.05) is 0 Å². The van der Waals surface area contributed by atoms with Crippen molar-refractivity contribution in [3.05, 3.63) is 35.9 Å². The number of hydrogen-bond acceptors (Lipinski definition) is 1. The van der Waals surface area contributed by atoms with Crippen molar-refractivity contribution in [3.8, 4) is 0 Å². The van der Waals surface area contributed by atoms with E-state index in [2.05, 4.69) is 39.9 Å². The SMILES string of the molecule is CC(C)CC(C(=O)NCc1ccccc1)C(C)(C)C. The van der Waals surface area contributed by atoms with E-state index in [0.717, 1.165) is 12.0 Å². The van der Waals surface area contributed by atoms with E-state index in [1.165, 1.54) is 0 Å². The Kier molecular flexibility index (Phi) is 5.59. The van der Waals surface area contributed by atoms with Crippen LogP contribution in [0.25, 0.3) is 0 Å². The zero-order valence-electron chi connectivity index (χ0n) is 12.9. The molecule has 2 heteroatoms. The van der Waals surface area contributed by atoms with Gasteiger partial charge in [0.05, 0.1) is 0 Å². The van der Waals surface area contributed by atoms with Gasteiger partial charge in [0.1, 0.15) is 0 Å². The summed E-state index contributed by atoms with van der Waals surface area (Å²) < 4.78 is 0. The van der Waals surface area contributed by atoms with Crippen molar-refractivity contribution in [1.29, 1.82) is 0 Å². The zero-order chi connectivity index (χ0) is 14.5. The van der Waals surface area contributed by atoms with E-state index in [-0.39, 0.29) is 17.2 Å². The topological polar surface area (TPSA) is 29.1 Å². The number of rotatable bonds is 5. The van der Waals surface area contributed by atoms with Crippen LogP contribution >= 0.6 is 0 Å². The van der Waals surface area contributed by atoms with Gasteiger partial charge in [-0.2, -0.15) is 0 Å². The van der Waals surface area contributed by atoms with Crippen molar-refractivity contribution in [2.45, 2.75) is 47.6 Å². The number of carbonyl (C=O) groups is 1. The van der Waals surface area contributed by atoms with E-state index < -0.39 is 0 Å². The molecule has 1 rings (SSSR count). The lowest BCUT2D eigenvalue weighted by molar-refractivity contribution is -0.129. The molecule has 0 aliphatic heterocycles. The number of benzene rings is 1. The number of carbonyl (C=O) groups excluding carboxylic acids is 1. The molecule has 0 bridgehead atoms. The largest absolute Gasteiger partial charge is 0.352 e. The van der Waals surface area contributed by atoms with Crippen LogP contribution in [-0.4, -0.2) is 5.91 Å². The highest BCUT2D eigenvalue weighted by Crippen LogP contribution is 2.31. The van der Waals surface area contributed by atoms with E-state index in [1.54, 1.807) is 0 Å². The van der Waals surface area contributed by atoms with Crippen molar-refractivity contribution < 1.29 is 4.79 Å². The molecule has 0 saturated heterocycles. The van der Waals surface area contributed by atoms with Gasteiger partial charge in [0, 0.05) is 12.5 Å². The van der Waals surface area contributed by atoms with Gasteiger partial charge in [-0.3, -0.25) is 4.79 Å². The Balaban J connectivity index is 2.62. The molecular weight excluding hydrogens is 234 g/mol. The fraction of sp³-hybridized carbons (Fsp3) is 0.588. The van der Waals surface area contributed by atoms with Crippen LogP contribution in [0.5, 0.6) is 0 Å². The summed E-state index contributed by atoms with van der Waals surface area (Å²) in [6, 6.07) is 10.1. The second-order valence-corrected chi connectivity index (χ2v) is 6.75. The Morgan fingerprint density at radius 2 is 1.74 bits per heavy atom. The maximum atomic E-state index is 12.4. The van der Waals surface area contributed by atoms with Crippen LogP contribution in [0.4, 0.5) is 0 Å². The van der Waals surface area contributed by atoms with Crippen LogP contribution in [0.2, 0.25) is 0 Å². The standard InChI is InChI=1S/C17H27NO/c1-13(2)11-15(17(3,4)5)16(19)18-12-14-9-7-6-8-10-14/h6-10,13,15H,11-12H2,1-5H3,(H,18,19). The molecule has 2 nitrogen and oxygen atoms in total. The highest BCUT2D eigenvalue weighted by atomic mass is 16.1. The Morgan fingerprint density at radius 3 is 2.21 bits per heavy atom. The van der Waals surface area contributed by atoms with Gasteiger partial charge < -0.3 is 5.32 Å². The predicted octanol–water partition coefficient (Wildman–Crippen LogP) is 4.01. The first kappa shape index (κ1) is 15.7. The van der Waals surface area contributed by atoms with Crippen LogP contribution in [0.1, 0.15) is 46.6 Å². The molecule has 0 radical (unpaired) electrons. The second-order valence-electron chi connectivity index (χ2n) is 6.75. The molecule has 1 aromatic rings. The first-order chi connectivity index (χ1) is 8.80. The summed E-state index contributed by atoms with van der Waals surface area (Å²) in [7, 11) is 0. The first-order valence-electron chi connectivity index (χ1n) is 7.12. The summed E-state index contributed by atoms with van der Waals surface area (Å²) in [4.78, 5) is 12.4. The highest BCUT2D eigenvalue weighted by Gasteiger charge is 2.31. The Morgan fingerprint density at radius 1 is 1.16 bits per heavy atom. The molecule has 1 unspecified atom stereocenters. The number of nitrogens with one attached hydrogen (secondary N) is 1. The van der Waals surface area contributed by atoms with Crippen molar-refractivity contribution in [1.82, 2.24) is 5.32 Å². The Hall–Kier alpha value is -1.31. The quantitative estimate of drug-likeness (QED) is 0.852. The van der Waals surface area contributed by atoms with E-state index in [4.69, 9.17) is 0 Å². The average molecular weight is 261 g/mol. The molecule has 1 N–H and O–H groups in total. The summed E-state index contributed by atoms with van der Waals surface area (Å²) in [6.45, 7) is 11.4. The highest BCUT2D eigenvalue weighted by molar-refractivity contribution is 5.79. The minimum atomic E-state index is 0.00500. The monoisotopic (exact) mass is 261 g/mol. The van der Waals surface area contributed by atoms with E-state index in [9.17, 15) is 4.79 Å². The van der Waals surface area contributed by atoms with Gasteiger partial charge in [-0.15, -0.1) is 0 Å². The van der Waals surface area contributed by atoms with Gasteiger partial charge in [0.25, 0.3) is 0 Å². The minimum absolute atomic E-state index is 0.00500. The fourth-order valence-corrected chi connectivity index (χ4v) is 2.23. The molecule has 0 saturated carbocycles. The minimum Gasteiger partial charge on any atom is -0.352 e. The maximum absolute atomic E-state index is 12.4. The van der Waals surface area contributed by atoms with E-state index >= 15 is 0 Å². The van der Waals surface area contributed by atoms with Gasteiger partial charge in [-0.25, -0.2) is 0 Å². The third kappa shape index (κ3) is 5.46. The molecule has 19 heavy (non-hydrogen) atoms. The Bertz CT molecular complexity index is 389. The molecule has 0 heterocycles. The fourth-order valence-electron chi connectivity index (χ4n) is 2.23. The third-order valence-corrected chi connectivity index (χ3v) is 3.38. The van der Waals surface area contributed by atoms with E-state index in [1.807, 2.05) is 30.3 Å². The molecule has 1 aromatic carbocycles. The van der Waals surface area contributed by atoms with Crippen LogP contribution in [0, 0.1) is 17.3 Å². The average Bonchev–Trinajstić information content (AvgIpc) is 2.33. The van der Waals surface area contributed by atoms with E-state index in [0.29, 0.717) is 12.5 Å². The Labute approximate surface area is 117 Å². The lowest BCUT2D eigenvalue weighted by atomic mass is 9.75. The molecular formula is C17H27NO. The number of amides is 1. The molecule has 1 atom stereocenters. The van der Waals surface area contributed by atoms with Gasteiger partial charge in [-0.1, -0.05) is 65.0 Å². The van der Waals surface area contributed by atoms with Crippen LogP contribution in [0.3, 0.4) is 0 Å². The zero-order valence-corrected chi connectivity index (χ0v) is 12.9. The molecule has 106 valence electrons. The van der Waals surface area contributed by atoms with Crippen molar-refractivity contribution >= 4 is 5.91 Å². The number of hydrogen-bond donors (Lipinski definition) is 1. The molecule has 0 spiro atoms. The second kappa shape index (κ2) is 6.74.